The zero-order valence-electron chi connectivity index (χ0n) is 26.2. The Morgan fingerprint density at radius 2 is 1.26 bits per heavy atom. The van der Waals surface area contributed by atoms with Crippen molar-refractivity contribution in [2.24, 2.45) is 5.92 Å². The van der Waals surface area contributed by atoms with Gasteiger partial charge in [0.05, 0.1) is 41.5 Å². The molecule has 1 unspecified atom stereocenters. The lowest BCUT2D eigenvalue weighted by molar-refractivity contribution is -0.142. The molecule has 0 saturated carbocycles. The van der Waals surface area contributed by atoms with E-state index in [0.29, 0.717) is 30.3 Å². The highest BCUT2D eigenvalue weighted by atomic mass is 32.3. The lowest BCUT2D eigenvalue weighted by Gasteiger charge is -2.50. The summed E-state index contributed by atoms with van der Waals surface area (Å²) in [5.74, 6) is 1.47. The van der Waals surface area contributed by atoms with Crippen LogP contribution in [0.4, 0.5) is 0 Å². The molecule has 3 aromatic carbocycles. The smallest absolute Gasteiger partial charge is 0.305 e. The van der Waals surface area contributed by atoms with Crippen LogP contribution in [0.1, 0.15) is 60.5 Å². The van der Waals surface area contributed by atoms with Crippen LogP contribution in [0.2, 0.25) is 0 Å². The maximum Gasteiger partial charge on any atom is 0.305 e. The van der Waals surface area contributed by atoms with E-state index in [0.717, 1.165) is 21.8 Å². The van der Waals surface area contributed by atoms with E-state index in [2.05, 4.69) is 69.3 Å². The fourth-order valence-corrected chi connectivity index (χ4v) is 8.58. The zero-order valence-corrected chi connectivity index (χ0v) is 27.0. The van der Waals surface area contributed by atoms with E-state index in [4.69, 9.17) is 23.1 Å². The monoisotopic (exact) mass is 600 g/mol. The number of benzene rings is 3. The van der Waals surface area contributed by atoms with Gasteiger partial charge >= 0.3 is 5.97 Å². The van der Waals surface area contributed by atoms with Crippen molar-refractivity contribution >= 4 is 16.3 Å². The summed E-state index contributed by atoms with van der Waals surface area (Å²) in [6, 6.07) is 24.8. The first-order valence-electron chi connectivity index (χ1n) is 14.1. The largest absolute Gasteiger partial charge is 0.493 e. The summed E-state index contributed by atoms with van der Waals surface area (Å²) in [5.41, 5.74) is 1.03. The Balaban J connectivity index is 0.00000288. The molecule has 7 heteroatoms. The van der Waals surface area contributed by atoms with Gasteiger partial charge in [0.15, 0.2) is 11.5 Å². The van der Waals surface area contributed by atoms with E-state index >= 15 is 0 Å². The second-order valence-electron chi connectivity index (χ2n) is 10.3. The second kappa shape index (κ2) is 17.7. The van der Waals surface area contributed by atoms with Crippen molar-refractivity contribution in [3.8, 4) is 17.2 Å². The third kappa shape index (κ3) is 8.92. The molecule has 3 rings (SSSR count). The fraction of sp³-hybridized carbons (Fsp3) is 0.457. The maximum absolute atomic E-state index is 12.5. The summed E-state index contributed by atoms with van der Waals surface area (Å²) in [6.45, 7) is 11.1. The Kier molecular flexibility index (Phi) is 15.6. The Morgan fingerprint density at radius 1 is 0.786 bits per heavy atom. The van der Waals surface area contributed by atoms with Crippen molar-refractivity contribution in [2.75, 3.05) is 35.0 Å². The van der Waals surface area contributed by atoms with Crippen molar-refractivity contribution in [1.82, 2.24) is 0 Å². The number of ether oxygens (including phenoxy) is 4. The summed E-state index contributed by atoms with van der Waals surface area (Å²) in [4.78, 5) is 14.8. The summed E-state index contributed by atoms with van der Waals surface area (Å²) < 4.78 is 28.5. The van der Waals surface area contributed by atoms with Gasteiger partial charge in [-0.3, -0.25) is 4.79 Å². The number of carbonyl (C=O) groups is 1. The Labute approximate surface area is 256 Å². The molecule has 0 spiro atoms. The summed E-state index contributed by atoms with van der Waals surface area (Å²) in [7, 11) is 4.31. The van der Waals surface area contributed by atoms with Gasteiger partial charge in [0, 0.05) is 14.5 Å². The molecule has 0 saturated heterocycles. The molecule has 6 nitrogen and oxygen atoms in total. The zero-order chi connectivity index (χ0) is 30.5. The van der Waals surface area contributed by atoms with Crippen LogP contribution in [-0.4, -0.2) is 45.8 Å². The molecule has 1 atom stereocenters. The third-order valence-corrected chi connectivity index (χ3v) is 10.8. The van der Waals surface area contributed by atoms with E-state index in [1.807, 2.05) is 38.1 Å². The van der Waals surface area contributed by atoms with Crippen molar-refractivity contribution in [3.05, 3.63) is 78.4 Å². The van der Waals surface area contributed by atoms with Crippen LogP contribution in [-0.2, 0) is 20.1 Å². The van der Waals surface area contributed by atoms with Gasteiger partial charge in [0.1, 0.15) is 0 Å². The van der Waals surface area contributed by atoms with Gasteiger partial charge in [-0.15, -0.1) is 0 Å². The molecular weight excluding hydrogens is 548 g/mol. The molecule has 234 valence electrons. The third-order valence-electron chi connectivity index (χ3n) is 6.74. The van der Waals surface area contributed by atoms with Crippen molar-refractivity contribution in [2.45, 2.75) is 75.8 Å². The molecule has 0 aliphatic rings. The molecular formula is C35H52O6S. The topological polar surface area (TPSA) is 63.2 Å². The van der Waals surface area contributed by atoms with Crippen molar-refractivity contribution < 1.29 is 27.9 Å². The highest BCUT2D eigenvalue weighted by Gasteiger charge is 2.42. The normalized spacial score (nSPS) is 12.1. The Hall–Kier alpha value is -3.16. The van der Waals surface area contributed by atoms with Crippen LogP contribution in [0.3, 0.4) is 0 Å². The van der Waals surface area contributed by atoms with E-state index in [9.17, 15) is 4.79 Å². The molecule has 0 radical (unpaired) electrons. The van der Waals surface area contributed by atoms with Gasteiger partial charge in [0.2, 0.25) is 5.75 Å². The number of rotatable bonds is 13. The van der Waals surface area contributed by atoms with Crippen LogP contribution >= 0.6 is 10.3 Å². The number of carbonyl (C=O) groups excluding carboxylic acids is 1. The van der Waals surface area contributed by atoms with Gasteiger partial charge in [-0.05, 0) is 81.5 Å². The highest BCUT2D eigenvalue weighted by molar-refractivity contribution is 8.31. The molecule has 0 N–H and O–H groups in total. The van der Waals surface area contributed by atoms with Crippen molar-refractivity contribution in [3.63, 3.8) is 0 Å². The number of methoxy groups -OCH3 is 4. The van der Waals surface area contributed by atoms with Gasteiger partial charge in [0.25, 0.3) is 0 Å². The van der Waals surface area contributed by atoms with E-state index in [1.54, 1.807) is 21.3 Å². The van der Waals surface area contributed by atoms with E-state index in [1.165, 1.54) is 7.11 Å². The van der Waals surface area contributed by atoms with Gasteiger partial charge in [-0.1, -0.05) is 68.0 Å². The lowest BCUT2D eigenvalue weighted by Crippen LogP contribution is -2.30. The molecule has 0 aliphatic heterocycles. The van der Waals surface area contributed by atoms with Crippen LogP contribution in [0.25, 0.3) is 0 Å². The van der Waals surface area contributed by atoms with Crippen LogP contribution in [0.15, 0.2) is 82.6 Å². The minimum absolute atomic E-state index is 0. The van der Waals surface area contributed by atoms with Gasteiger partial charge in [-0.25, -0.2) is 0 Å². The average Bonchev–Trinajstić information content (AvgIpc) is 3.00. The molecule has 0 aromatic heterocycles. The van der Waals surface area contributed by atoms with Gasteiger partial charge < -0.3 is 23.1 Å². The van der Waals surface area contributed by atoms with Crippen molar-refractivity contribution in [1.29, 1.82) is 0 Å². The highest BCUT2D eigenvalue weighted by Crippen LogP contribution is 2.71. The van der Waals surface area contributed by atoms with Crippen LogP contribution in [0.5, 0.6) is 17.2 Å². The summed E-state index contributed by atoms with van der Waals surface area (Å²) in [5, 5.41) is 0. The number of esters is 1. The molecule has 0 fully saturated rings. The summed E-state index contributed by atoms with van der Waals surface area (Å²) in [6.07, 6.45) is 1.69. The fourth-order valence-electron chi connectivity index (χ4n) is 4.79. The predicted molar refractivity (Wildman–Crippen MR) is 175 cm³/mol. The number of aryl methyl sites for hydroxylation is 1. The standard InChI is InChI=1S/C32H42O6S.C2H6.CH4/c1-32(2,3)39(26-14-10-8-11-15-26,27-16-12-9-13-17-27)38-23-25(22-30(33)36-6)19-18-24-20-28(34-4)31(37-7)29(21-24)35-5;1-2;/h8-17,20-21,25H,18-19,22-23H2,1-7H3;1-2H3;1H4. The number of hydrogen-bond donors (Lipinski definition) is 0. The Morgan fingerprint density at radius 3 is 1.64 bits per heavy atom. The minimum Gasteiger partial charge on any atom is -0.493 e. The molecule has 42 heavy (non-hydrogen) atoms. The summed E-state index contributed by atoms with van der Waals surface area (Å²) >= 11 is 0. The quantitative estimate of drug-likeness (QED) is 0.182. The first kappa shape index (κ1) is 36.9. The van der Waals surface area contributed by atoms with E-state index in [-0.39, 0.29) is 30.5 Å². The molecule has 0 bridgehead atoms. The Bertz CT molecular complexity index is 1130. The average molecular weight is 601 g/mol. The SMILES string of the molecule is C.CC.COC(=O)CC(CCc1cc(OC)c(OC)c(OC)c1)COS(c1ccccc1)(c1ccccc1)C(C)(C)C. The van der Waals surface area contributed by atoms with E-state index < -0.39 is 10.3 Å². The molecule has 0 heterocycles. The molecule has 0 aliphatic carbocycles. The maximum atomic E-state index is 12.5. The first-order chi connectivity index (χ1) is 19.7. The molecule has 0 amide bonds. The molecule has 3 aromatic rings. The number of hydrogen-bond acceptors (Lipinski definition) is 6. The van der Waals surface area contributed by atoms with Gasteiger partial charge in [-0.2, -0.15) is 0 Å². The minimum atomic E-state index is -1.93. The van der Waals surface area contributed by atoms with Crippen LogP contribution in [0, 0.1) is 5.92 Å². The first-order valence-corrected chi connectivity index (χ1v) is 15.7. The predicted octanol–water partition coefficient (Wildman–Crippen LogP) is 9.14. The second-order valence-corrected chi connectivity index (χ2v) is 13.8. The lowest BCUT2D eigenvalue weighted by atomic mass is 9.97. The van der Waals surface area contributed by atoms with Crippen LogP contribution < -0.4 is 14.2 Å².